The maximum Gasteiger partial charge on any atom is 0.259 e. The van der Waals surface area contributed by atoms with E-state index >= 15 is 0 Å². The fraction of sp³-hybridized carbons (Fsp3) is 0.333. The zero-order chi connectivity index (χ0) is 24.9. The molecule has 4 rings (SSSR count). The van der Waals surface area contributed by atoms with Gasteiger partial charge in [-0.05, 0) is 62.7 Å². The van der Waals surface area contributed by atoms with E-state index in [9.17, 15) is 9.59 Å². The number of rotatable bonds is 6. The first-order chi connectivity index (χ1) is 16.8. The number of hydrogen-bond donors (Lipinski definition) is 0. The first-order valence-electron chi connectivity index (χ1n) is 11.7. The fourth-order valence-corrected chi connectivity index (χ4v) is 4.05. The molecular formula is C27H30N4O4. The van der Waals surface area contributed by atoms with Gasteiger partial charge in [-0.1, -0.05) is 12.1 Å². The predicted octanol–water partition coefficient (Wildman–Crippen LogP) is 4.41. The summed E-state index contributed by atoms with van der Waals surface area (Å²) in [6.07, 6.45) is 3.26. The molecular weight excluding hydrogens is 444 g/mol. The molecule has 8 nitrogen and oxygen atoms in total. The van der Waals surface area contributed by atoms with Crippen molar-refractivity contribution in [2.45, 2.75) is 39.8 Å². The minimum atomic E-state index is -0.317. The molecule has 1 atom stereocenters. The summed E-state index contributed by atoms with van der Waals surface area (Å²) in [6.45, 7) is 8.65. The Balaban J connectivity index is 1.63. The lowest BCUT2D eigenvalue weighted by atomic mass is 10.0. The van der Waals surface area contributed by atoms with Crippen molar-refractivity contribution in [1.82, 2.24) is 19.8 Å². The molecule has 1 saturated heterocycles. The molecule has 0 aliphatic carbocycles. The van der Waals surface area contributed by atoms with Crippen LogP contribution in [-0.2, 0) is 4.79 Å². The summed E-state index contributed by atoms with van der Waals surface area (Å²) in [7, 11) is 0. The van der Waals surface area contributed by atoms with Crippen molar-refractivity contribution in [3.05, 3.63) is 77.7 Å². The van der Waals surface area contributed by atoms with Gasteiger partial charge in [0, 0.05) is 38.4 Å². The van der Waals surface area contributed by atoms with Crippen LogP contribution in [0, 0.1) is 6.92 Å². The first-order valence-corrected chi connectivity index (χ1v) is 11.7. The zero-order valence-electron chi connectivity index (χ0n) is 20.5. The van der Waals surface area contributed by atoms with Crippen LogP contribution in [0.2, 0.25) is 0 Å². The van der Waals surface area contributed by atoms with Crippen LogP contribution in [0.3, 0.4) is 0 Å². The summed E-state index contributed by atoms with van der Waals surface area (Å²) >= 11 is 0. The third kappa shape index (κ3) is 5.77. The van der Waals surface area contributed by atoms with Gasteiger partial charge in [0.15, 0.2) is 0 Å². The van der Waals surface area contributed by atoms with Crippen molar-refractivity contribution in [3.8, 4) is 17.4 Å². The van der Waals surface area contributed by atoms with Crippen LogP contribution in [0.25, 0.3) is 0 Å². The number of hydrogen-bond acceptors (Lipinski definition) is 6. The van der Waals surface area contributed by atoms with Crippen LogP contribution in [-0.4, -0.2) is 57.3 Å². The quantitative estimate of drug-likeness (QED) is 0.526. The molecule has 1 unspecified atom stereocenters. The summed E-state index contributed by atoms with van der Waals surface area (Å²) in [4.78, 5) is 38.1. The summed E-state index contributed by atoms with van der Waals surface area (Å²) in [5.74, 6) is 1.26. The lowest BCUT2D eigenvalue weighted by Gasteiger charge is -2.41. The molecule has 0 saturated carbocycles. The Kier molecular flexibility index (Phi) is 7.29. The molecule has 3 aromatic rings. The lowest BCUT2D eigenvalue weighted by molar-refractivity contribution is -0.131. The number of nitrogens with zero attached hydrogens (tertiary/aromatic N) is 4. The van der Waals surface area contributed by atoms with E-state index in [2.05, 4.69) is 9.97 Å². The molecule has 182 valence electrons. The Hall–Kier alpha value is -3.94. The van der Waals surface area contributed by atoms with Gasteiger partial charge in [0.25, 0.3) is 5.91 Å². The highest BCUT2D eigenvalue weighted by atomic mass is 16.5. The summed E-state index contributed by atoms with van der Waals surface area (Å²) in [5, 5.41) is 0. The van der Waals surface area contributed by atoms with Crippen molar-refractivity contribution in [1.29, 1.82) is 0 Å². The van der Waals surface area contributed by atoms with Crippen molar-refractivity contribution in [2.24, 2.45) is 0 Å². The molecule has 8 heteroatoms. The van der Waals surface area contributed by atoms with Crippen LogP contribution in [0.5, 0.6) is 17.4 Å². The highest BCUT2D eigenvalue weighted by Gasteiger charge is 2.34. The lowest BCUT2D eigenvalue weighted by Crippen LogP contribution is -2.51. The number of aryl methyl sites for hydroxylation is 1. The topological polar surface area (TPSA) is 84.9 Å². The number of pyridine rings is 2. The van der Waals surface area contributed by atoms with Crippen molar-refractivity contribution < 1.29 is 19.1 Å². The molecule has 0 spiro atoms. The second-order valence-electron chi connectivity index (χ2n) is 8.81. The van der Waals surface area contributed by atoms with Gasteiger partial charge >= 0.3 is 0 Å². The van der Waals surface area contributed by atoms with Crippen LogP contribution in [0.1, 0.15) is 48.4 Å². The van der Waals surface area contributed by atoms with Crippen LogP contribution in [0.4, 0.5) is 0 Å². The van der Waals surface area contributed by atoms with Crippen LogP contribution in [0.15, 0.2) is 60.9 Å². The highest BCUT2D eigenvalue weighted by molar-refractivity contribution is 5.97. The average molecular weight is 475 g/mol. The monoisotopic (exact) mass is 474 g/mol. The molecule has 1 aliphatic rings. The minimum Gasteiger partial charge on any atom is -0.491 e. The average Bonchev–Trinajstić information content (AvgIpc) is 2.85. The van der Waals surface area contributed by atoms with Crippen LogP contribution < -0.4 is 9.47 Å². The SMILES string of the molecule is CC(=O)N1CCN(C(=O)c2cccnc2Oc2ccc(C)nc2)C(c2ccc(OC(C)C)cc2)C1. The molecule has 35 heavy (non-hydrogen) atoms. The van der Waals surface area contributed by atoms with E-state index in [-0.39, 0.29) is 29.8 Å². The predicted molar refractivity (Wildman–Crippen MR) is 132 cm³/mol. The number of carbonyl (C=O) groups excluding carboxylic acids is 2. The van der Waals surface area contributed by atoms with E-state index in [1.807, 2.05) is 51.1 Å². The van der Waals surface area contributed by atoms with E-state index in [1.165, 1.54) is 0 Å². The van der Waals surface area contributed by atoms with Gasteiger partial charge in [-0.15, -0.1) is 0 Å². The smallest absolute Gasteiger partial charge is 0.259 e. The molecule has 1 aliphatic heterocycles. The van der Waals surface area contributed by atoms with Gasteiger partial charge in [-0.2, -0.15) is 0 Å². The van der Waals surface area contributed by atoms with E-state index in [0.29, 0.717) is 30.9 Å². The van der Waals surface area contributed by atoms with Crippen molar-refractivity contribution in [3.63, 3.8) is 0 Å². The maximum absolute atomic E-state index is 13.8. The second kappa shape index (κ2) is 10.5. The molecule has 3 heterocycles. The summed E-state index contributed by atoms with van der Waals surface area (Å²) in [5.41, 5.74) is 2.15. The number of aromatic nitrogens is 2. The van der Waals surface area contributed by atoms with Crippen molar-refractivity contribution >= 4 is 11.8 Å². The van der Waals surface area contributed by atoms with Gasteiger partial charge in [0.05, 0.1) is 18.3 Å². The number of piperazine rings is 1. The van der Waals surface area contributed by atoms with Gasteiger partial charge in [-0.3, -0.25) is 14.6 Å². The van der Waals surface area contributed by atoms with E-state index in [0.717, 1.165) is 17.0 Å². The first kappa shape index (κ1) is 24.2. The largest absolute Gasteiger partial charge is 0.491 e. The molecule has 2 amide bonds. The number of carbonyl (C=O) groups is 2. The molecule has 0 N–H and O–H groups in total. The maximum atomic E-state index is 13.8. The Morgan fingerprint density at radius 1 is 1.00 bits per heavy atom. The molecule has 1 aromatic carbocycles. The molecule has 0 radical (unpaired) electrons. The molecule has 1 fully saturated rings. The summed E-state index contributed by atoms with van der Waals surface area (Å²) in [6, 6.07) is 14.4. The summed E-state index contributed by atoms with van der Waals surface area (Å²) < 4.78 is 11.7. The third-order valence-corrected chi connectivity index (χ3v) is 5.82. The van der Waals surface area contributed by atoms with E-state index in [1.54, 1.807) is 47.3 Å². The van der Waals surface area contributed by atoms with Gasteiger partial charge in [-0.25, -0.2) is 4.98 Å². The zero-order valence-corrected chi connectivity index (χ0v) is 20.5. The normalized spacial score (nSPS) is 15.7. The fourth-order valence-electron chi connectivity index (χ4n) is 4.05. The Morgan fingerprint density at radius 3 is 2.40 bits per heavy atom. The second-order valence-corrected chi connectivity index (χ2v) is 8.81. The standard InChI is InChI=1S/C27H30N4O4/c1-18(2)34-22-11-8-21(9-12-22)25-17-30(20(4)32)14-15-31(25)27(33)24-6-5-13-28-26(24)35-23-10-7-19(3)29-16-23/h5-13,16,18,25H,14-15,17H2,1-4H3. The Labute approximate surface area is 205 Å². The molecule has 0 bridgehead atoms. The van der Waals surface area contributed by atoms with Gasteiger partial charge < -0.3 is 19.3 Å². The number of amides is 2. The van der Waals surface area contributed by atoms with E-state index < -0.39 is 0 Å². The van der Waals surface area contributed by atoms with Crippen molar-refractivity contribution in [2.75, 3.05) is 19.6 Å². The number of benzene rings is 1. The molecule has 2 aromatic heterocycles. The van der Waals surface area contributed by atoms with E-state index in [4.69, 9.17) is 9.47 Å². The van der Waals surface area contributed by atoms with Gasteiger partial charge in [0.2, 0.25) is 11.8 Å². The Morgan fingerprint density at radius 2 is 1.74 bits per heavy atom. The Bertz CT molecular complexity index is 1180. The number of ether oxygens (including phenoxy) is 2. The highest BCUT2D eigenvalue weighted by Crippen LogP contribution is 2.31. The van der Waals surface area contributed by atoms with Gasteiger partial charge in [0.1, 0.15) is 17.1 Å². The minimum absolute atomic E-state index is 0.0147. The third-order valence-electron chi connectivity index (χ3n) is 5.82. The van der Waals surface area contributed by atoms with Crippen LogP contribution >= 0.6 is 0 Å².